The van der Waals surface area contributed by atoms with E-state index in [1.165, 1.54) is 11.1 Å². The molecule has 1 aromatic rings. The Bertz CT molecular complexity index is 391. The highest BCUT2D eigenvalue weighted by Crippen LogP contribution is 2.17. The molecule has 1 amide bonds. The van der Waals surface area contributed by atoms with Crippen LogP contribution in [0.2, 0.25) is 0 Å². The number of rotatable bonds is 3. The predicted octanol–water partition coefficient (Wildman–Crippen LogP) is 0.507. The number of anilines is 1. The molecule has 0 aliphatic heterocycles. The molecule has 3 N–H and O–H groups in total. The number of carbonyl (C=O) groups excluding carboxylic acids is 1. The lowest BCUT2D eigenvalue weighted by Crippen LogP contribution is -2.47. The first-order chi connectivity index (χ1) is 7.40. The zero-order valence-electron chi connectivity index (χ0n) is 9.77. The Morgan fingerprint density at radius 3 is 2.75 bits per heavy atom. The Morgan fingerprint density at radius 2 is 2.25 bits per heavy atom. The fourth-order valence-corrected chi connectivity index (χ4v) is 1.16. The molecule has 0 atom stereocenters. The third kappa shape index (κ3) is 2.30. The minimum absolute atomic E-state index is 0.116. The number of aromatic nitrogens is 1. The van der Waals surface area contributed by atoms with Crippen molar-refractivity contribution in [3.8, 4) is 0 Å². The van der Waals surface area contributed by atoms with E-state index in [4.69, 9.17) is 5.73 Å². The van der Waals surface area contributed by atoms with Crippen LogP contribution in [0.25, 0.3) is 0 Å². The Morgan fingerprint density at radius 1 is 1.62 bits per heavy atom. The van der Waals surface area contributed by atoms with Crippen molar-refractivity contribution in [1.29, 1.82) is 0 Å². The zero-order valence-corrected chi connectivity index (χ0v) is 9.77. The van der Waals surface area contributed by atoms with Crippen molar-refractivity contribution in [2.24, 2.45) is 0 Å². The maximum atomic E-state index is 12.1. The summed E-state index contributed by atoms with van der Waals surface area (Å²) in [5.74, 6) is -0.0438. The second-order valence-corrected chi connectivity index (χ2v) is 4.27. The minimum Gasteiger partial charge on any atom is -0.394 e. The molecule has 5 nitrogen and oxygen atoms in total. The van der Waals surface area contributed by atoms with Crippen LogP contribution < -0.4 is 5.73 Å². The van der Waals surface area contributed by atoms with Gasteiger partial charge in [-0.1, -0.05) is 0 Å². The van der Waals surface area contributed by atoms with Crippen LogP contribution in [-0.2, 0) is 0 Å². The third-order valence-corrected chi connectivity index (χ3v) is 2.67. The molecule has 0 unspecified atom stereocenters. The molecule has 5 heteroatoms. The second kappa shape index (κ2) is 4.49. The summed E-state index contributed by atoms with van der Waals surface area (Å²) in [5.41, 5.74) is 5.35. The van der Waals surface area contributed by atoms with Gasteiger partial charge in [0.05, 0.1) is 17.7 Å². The summed E-state index contributed by atoms with van der Waals surface area (Å²) in [6, 6.07) is 3.28. The number of aliphatic hydroxyl groups excluding tert-OH is 1. The predicted molar refractivity (Wildman–Crippen MR) is 61.9 cm³/mol. The number of nitrogen functional groups attached to an aromatic ring is 1. The Kier molecular flexibility index (Phi) is 3.49. The van der Waals surface area contributed by atoms with Crippen molar-refractivity contribution in [2.45, 2.75) is 19.4 Å². The largest absolute Gasteiger partial charge is 0.394 e. The molecule has 0 saturated carbocycles. The topological polar surface area (TPSA) is 79.5 Å². The summed E-state index contributed by atoms with van der Waals surface area (Å²) in [7, 11) is 1.63. The van der Waals surface area contributed by atoms with Crippen molar-refractivity contribution in [2.75, 3.05) is 19.4 Å². The van der Waals surface area contributed by atoms with Gasteiger partial charge in [0.1, 0.15) is 5.82 Å². The first-order valence-corrected chi connectivity index (χ1v) is 4.99. The molecule has 0 aliphatic carbocycles. The summed E-state index contributed by atoms with van der Waals surface area (Å²) in [6.45, 7) is 3.43. The average molecular weight is 223 g/mol. The molecule has 1 aromatic heterocycles. The molecule has 0 bridgehead atoms. The van der Waals surface area contributed by atoms with Crippen LogP contribution in [0.5, 0.6) is 0 Å². The molecule has 0 fully saturated rings. The number of hydrogen-bond donors (Lipinski definition) is 2. The number of likely N-dealkylation sites (N-methyl/N-ethyl adjacent to an activating group) is 1. The van der Waals surface area contributed by atoms with Crippen LogP contribution >= 0.6 is 0 Å². The van der Waals surface area contributed by atoms with Gasteiger partial charge < -0.3 is 15.7 Å². The van der Waals surface area contributed by atoms with Crippen LogP contribution in [0.1, 0.15) is 24.2 Å². The Labute approximate surface area is 94.9 Å². The summed E-state index contributed by atoms with van der Waals surface area (Å²) in [5, 5.41) is 9.19. The molecule has 1 rings (SSSR count). The summed E-state index contributed by atoms with van der Waals surface area (Å²) in [4.78, 5) is 17.4. The molecule has 88 valence electrons. The maximum absolute atomic E-state index is 12.1. The van der Waals surface area contributed by atoms with Crippen LogP contribution in [0, 0.1) is 0 Å². The first-order valence-electron chi connectivity index (χ1n) is 4.99. The van der Waals surface area contributed by atoms with Gasteiger partial charge in [-0.05, 0) is 26.0 Å². The van der Waals surface area contributed by atoms with E-state index in [-0.39, 0.29) is 18.3 Å². The molecular formula is C11H17N3O2. The van der Waals surface area contributed by atoms with Gasteiger partial charge in [0.15, 0.2) is 0 Å². The molecule has 0 spiro atoms. The van der Waals surface area contributed by atoms with Crippen LogP contribution in [0.3, 0.4) is 0 Å². The highest BCUT2D eigenvalue weighted by molar-refractivity contribution is 5.98. The number of nitrogens with zero attached hydrogens (tertiary/aromatic N) is 2. The lowest BCUT2D eigenvalue weighted by Gasteiger charge is -2.34. The fraction of sp³-hybridized carbons (Fsp3) is 0.455. The maximum Gasteiger partial charge on any atom is 0.257 e. The number of pyridine rings is 1. The number of carbonyl (C=O) groups is 1. The van der Waals surface area contributed by atoms with Crippen molar-refractivity contribution >= 4 is 11.7 Å². The van der Waals surface area contributed by atoms with Crippen LogP contribution in [0.4, 0.5) is 5.82 Å². The summed E-state index contributed by atoms with van der Waals surface area (Å²) >= 11 is 0. The van der Waals surface area contributed by atoms with E-state index in [9.17, 15) is 9.90 Å². The van der Waals surface area contributed by atoms with Gasteiger partial charge in [0.25, 0.3) is 5.91 Å². The zero-order chi connectivity index (χ0) is 12.3. The molecule has 0 aliphatic rings. The number of amides is 1. The lowest BCUT2D eigenvalue weighted by atomic mass is 10.0. The molecule has 0 aromatic carbocycles. The van der Waals surface area contributed by atoms with Gasteiger partial charge in [-0.25, -0.2) is 4.98 Å². The van der Waals surface area contributed by atoms with Crippen LogP contribution in [-0.4, -0.2) is 40.1 Å². The van der Waals surface area contributed by atoms with Crippen LogP contribution in [0.15, 0.2) is 18.3 Å². The van der Waals surface area contributed by atoms with Gasteiger partial charge in [-0.2, -0.15) is 0 Å². The van der Waals surface area contributed by atoms with Gasteiger partial charge >= 0.3 is 0 Å². The molecular weight excluding hydrogens is 206 g/mol. The smallest absolute Gasteiger partial charge is 0.257 e. The molecule has 1 heterocycles. The van der Waals surface area contributed by atoms with E-state index < -0.39 is 5.54 Å². The summed E-state index contributed by atoms with van der Waals surface area (Å²) in [6.07, 6.45) is 1.53. The van der Waals surface area contributed by atoms with E-state index >= 15 is 0 Å². The molecule has 0 saturated heterocycles. The molecule has 0 radical (unpaired) electrons. The van der Waals surface area contributed by atoms with Crippen molar-refractivity contribution in [3.63, 3.8) is 0 Å². The van der Waals surface area contributed by atoms with E-state index in [0.717, 1.165) is 0 Å². The fourth-order valence-electron chi connectivity index (χ4n) is 1.16. The second-order valence-electron chi connectivity index (χ2n) is 4.27. The van der Waals surface area contributed by atoms with Crippen molar-refractivity contribution in [3.05, 3.63) is 23.9 Å². The SMILES string of the molecule is CN(C(=O)c1cccnc1N)C(C)(C)CO. The highest BCUT2D eigenvalue weighted by Gasteiger charge is 2.28. The normalized spacial score (nSPS) is 11.2. The van der Waals surface area contributed by atoms with E-state index in [2.05, 4.69) is 4.98 Å². The van der Waals surface area contributed by atoms with E-state index in [0.29, 0.717) is 5.56 Å². The minimum atomic E-state index is -0.626. The Balaban J connectivity index is 3.00. The van der Waals surface area contributed by atoms with Gasteiger partial charge in [-0.15, -0.1) is 0 Å². The highest BCUT2D eigenvalue weighted by atomic mass is 16.3. The van der Waals surface area contributed by atoms with E-state index in [1.54, 1.807) is 33.0 Å². The van der Waals surface area contributed by atoms with Crippen molar-refractivity contribution in [1.82, 2.24) is 9.88 Å². The number of hydrogen-bond acceptors (Lipinski definition) is 4. The van der Waals surface area contributed by atoms with Crippen molar-refractivity contribution < 1.29 is 9.90 Å². The summed E-state index contributed by atoms with van der Waals surface area (Å²) < 4.78 is 0. The quantitative estimate of drug-likeness (QED) is 0.782. The average Bonchev–Trinajstić information content (AvgIpc) is 2.27. The molecule has 16 heavy (non-hydrogen) atoms. The number of aliphatic hydroxyl groups is 1. The Hall–Kier alpha value is -1.62. The lowest BCUT2D eigenvalue weighted by molar-refractivity contribution is 0.0474. The first kappa shape index (κ1) is 12.4. The van der Waals surface area contributed by atoms with Gasteiger partial charge in [0, 0.05) is 13.2 Å². The number of nitrogens with two attached hydrogens (primary N) is 1. The van der Waals surface area contributed by atoms with E-state index in [1.807, 2.05) is 0 Å². The standard InChI is InChI=1S/C11H17N3O2/c1-11(2,7-15)14(3)10(16)8-5-4-6-13-9(8)12/h4-6,15H,7H2,1-3H3,(H2,12,13). The van der Waals surface area contributed by atoms with Gasteiger partial charge in [0.2, 0.25) is 0 Å². The third-order valence-electron chi connectivity index (χ3n) is 2.67. The van der Waals surface area contributed by atoms with Gasteiger partial charge in [-0.3, -0.25) is 4.79 Å². The monoisotopic (exact) mass is 223 g/mol.